The first-order chi connectivity index (χ1) is 14.7. The normalized spacial score (nSPS) is 11.1. The van der Waals surface area contributed by atoms with Gasteiger partial charge in [-0.15, -0.1) is 22.7 Å². The van der Waals surface area contributed by atoms with Crippen LogP contribution in [0.1, 0.15) is 12.5 Å². The number of nitrogens with one attached hydrogen (secondary N) is 1. The summed E-state index contributed by atoms with van der Waals surface area (Å²) in [4.78, 5) is 31.9. The van der Waals surface area contributed by atoms with Gasteiger partial charge in [-0.25, -0.2) is 4.98 Å². The van der Waals surface area contributed by atoms with Crippen molar-refractivity contribution in [3.63, 3.8) is 0 Å². The van der Waals surface area contributed by atoms with Crippen molar-refractivity contribution in [3.8, 4) is 10.4 Å². The fourth-order valence-corrected chi connectivity index (χ4v) is 5.88. The number of hydrogen-bond donors (Lipinski definition) is 1. The predicted molar refractivity (Wildman–Crippen MR) is 127 cm³/mol. The molecule has 5 nitrogen and oxygen atoms in total. The Morgan fingerprint density at radius 3 is 2.73 bits per heavy atom. The smallest absolute Gasteiger partial charge is 0.263 e. The largest absolute Gasteiger partial charge is 0.355 e. The Hall–Kier alpha value is -2.42. The third-order valence-electron chi connectivity index (χ3n) is 4.67. The first-order valence-electron chi connectivity index (χ1n) is 9.66. The zero-order valence-corrected chi connectivity index (χ0v) is 18.9. The van der Waals surface area contributed by atoms with Crippen LogP contribution in [0.5, 0.6) is 0 Å². The molecule has 1 amide bonds. The summed E-state index contributed by atoms with van der Waals surface area (Å²) in [6.45, 7) is 3.03. The lowest BCUT2D eigenvalue weighted by Gasteiger charge is -2.10. The van der Waals surface area contributed by atoms with Gasteiger partial charge in [-0.2, -0.15) is 0 Å². The number of carbonyl (C=O) groups is 1. The second-order valence-electron chi connectivity index (χ2n) is 6.62. The molecule has 30 heavy (non-hydrogen) atoms. The van der Waals surface area contributed by atoms with Crippen molar-refractivity contribution in [1.82, 2.24) is 14.9 Å². The minimum atomic E-state index is -0.0571. The Morgan fingerprint density at radius 2 is 2.00 bits per heavy atom. The van der Waals surface area contributed by atoms with Crippen molar-refractivity contribution in [2.45, 2.75) is 25.0 Å². The monoisotopic (exact) mass is 455 g/mol. The fourth-order valence-electron chi connectivity index (χ4n) is 3.18. The van der Waals surface area contributed by atoms with Gasteiger partial charge < -0.3 is 5.32 Å². The summed E-state index contributed by atoms with van der Waals surface area (Å²) < 4.78 is 1.66. The van der Waals surface area contributed by atoms with Gasteiger partial charge in [0.05, 0.1) is 11.1 Å². The Bertz CT molecular complexity index is 1200. The van der Waals surface area contributed by atoms with E-state index in [2.05, 4.69) is 5.32 Å². The molecule has 0 saturated heterocycles. The summed E-state index contributed by atoms with van der Waals surface area (Å²) in [6, 6.07) is 14.1. The zero-order chi connectivity index (χ0) is 20.9. The van der Waals surface area contributed by atoms with Crippen molar-refractivity contribution in [2.75, 3.05) is 12.3 Å². The maximum absolute atomic E-state index is 13.2. The van der Waals surface area contributed by atoms with Gasteiger partial charge in [0.1, 0.15) is 4.83 Å². The van der Waals surface area contributed by atoms with E-state index in [9.17, 15) is 9.59 Å². The SMILES string of the molecule is CCn1c(SCC(=O)NCCc2ccccc2)nc2scc(-c3cccs3)c2c1=O. The van der Waals surface area contributed by atoms with E-state index in [0.29, 0.717) is 23.6 Å². The molecular formula is C22H21N3O2S3. The van der Waals surface area contributed by atoms with Crippen LogP contribution < -0.4 is 10.9 Å². The van der Waals surface area contributed by atoms with Crippen LogP contribution in [0.15, 0.2) is 63.2 Å². The van der Waals surface area contributed by atoms with Crippen LogP contribution in [0.25, 0.3) is 20.7 Å². The van der Waals surface area contributed by atoms with Gasteiger partial charge in [0.25, 0.3) is 5.56 Å². The minimum Gasteiger partial charge on any atom is -0.355 e. The van der Waals surface area contributed by atoms with Crippen molar-refractivity contribution < 1.29 is 4.79 Å². The second kappa shape index (κ2) is 9.59. The van der Waals surface area contributed by atoms with E-state index < -0.39 is 0 Å². The number of aromatic nitrogens is 2. The molecule has 0 radical (unpaired) electrons. The van der Waals surface area contributed by atoms with Crippen LogP contribution in [0.2, 0.25) is 0 Å². The molecule has 4 rings (SSSR count). The molecule has 0 bridgehead atoms. The topological polar surface area (TPSA) is 64.0 Å². The second-order valence-corrected chi connectivity index (χ2v) is 9.37. The quantitative estimate of drug-likeness (QED) is 0.310. The van der Waals surface area contributed by atoms with Crippen molar-refractivity contribution in [3.05, 3.63) is 69.1 Å². The van der Waals surface area contributed by atoms with Gasteiger partial charge in [0, 0.05) is 28.9 Å². The first-order valence-corrected chi connectivity index (χ1v) is 12.4. The lowest BCUT2D eigenvalue weighted by Crippen LogP contribution is -2.28. The third kappa shape index (κ3) is 4.50. The standard InChI is InChI=1S/C22H21N3O2S3/c1-2-25-21(27)19-16(17-9-6-12-28-17)13-29-20(19)24-22(25)30-14-18(26)23-11-10-15-7-4-3-5-8-15/h3-9,12-13H,2,10-11,14H2,1H3,(H,23,26). The summed E-state index contributed by atoms with van der Waals surface area (Å²) in [5, 5.41) is 8.20. The Labute approximate surface area is 186 Å². The highest BCUT2D eigenvalue weighted by atomic mass is 32.2. The average molecular weight is 456 g/mol. The molecule has 154 valence electrons. The fraction of sp³-hybridized carbons (Fsp3) is 0.227. The Balaban J connectivity index is 1.46. The van der Waals surface area contributed by atoms with Crippen LogP contribution in [-0.2, 0) is 17.8 Å². The molecular weight excluding hydrogens is 434 g/mol. The molecule has 0 aliphatic rings. The summed E-state index contributed by atoms with van der Waals surface area (Å²) in [6.07, 6.45) is 0.793. The molecule has 0 fully saturated rings. The molecule has 1 N–H and O–H groups in total. The van der Waals surface area contributed by atoms with E-state index in [-0.39, 0.29) is 17.2 Å². The van der Waals surface area contributed by atoms with Crippen LogP contribution in [0.4, 0.5) is 0 Å². The van der Waals surface area contributed by atoms with Gasteiger partial charge in [-0.05, 0) is 30.4 Å². The van der Waals surface area contributed by atoms with E-state index in [0.717, 1.165) is 21.7 Å². The van der Waals surface area contributed by atoms with Gasteiger partial charge in [-0.1, -0.05) is 48.2 Å². The third-order valence-corrected chi connectivity index (χ3v) is 7.42. The highest BCUT2D eigenvalue weighted by molar-refractivity contribution is 7.99. The molecule has 8 heteroatoms. The van der Waals surface area contributed by atoms with E-state index in [1.54, 1.807) is 15.9 Å². The van der Waals surface area contributed by atoms with Crippen molar-refractivity contribution in [1.29, 1.82) is 0 Å². The molecule has 1 aromatic carbocycles. The van der Waals surface area contributed by atoms with Crippen LogP contribution in [-0.4, -0.2) is 27.8 Å². The zero-order valence-electron chi connectivity index (χ0n) is 16.5. The van der Waals surface area contributed by atoms with E-state index >= 15 is 0 Å². The van der Waals surface area contributed by atoms with Crippen molar-refractivity contribution in [2.24, 2.45) is 0 Å². The number of nitrogens with zero attached hydrogens (tertiary/aromatic N) is 2. The molecule has 4 aromatic rings. The van der Waals surface area contributed by atoms with E-state index in [1.165, 1.54) is 28.7 Å². The minimum absolute atomic E-state index is 0.0425. The van der Waals surface area contributed by atoms with Crippen LogP contribution in [0.3, 0.4) is 0 Å². The molecule has 0 spiro atoms. The lowest BCUT2D eigenvalue weighted by atomic mass is 10.1. The number of carbonyl (C=O) groups excluding carboxylic acids is 1. The van der Waals surface area contributed by atoms with Gasteiger partial charge in [0.2, 0.25) is 5.91 Å². The Kier molecular flexibility index (Phi) is 6.66. The van der Waals surface area contributed by atoms with Gasteiger partial charge in [-0.3, -0.25) is 14.2 Å². The van der Waals surface area contributed by atoms with Crippen LogP contribution >= 0.6 is 34.4 Å². The average Bonchev–Trinajstić information content (AvgIpc) is 3.43. The van der Waals surface area contributed by atoms with E-state index in [4.69, 9.17) is 4.98 Å². The Morgan fingerprint density at radius 1 is 1.17 bits per heavy atom. The summed E-state index contributed by atoms with van der Waals surface area (Å²) >= 11 is 4.40. The predicted octanol–water partition coefficient (Wildman–Crippen LogP) is 4.66. The molecule has 0 saturated carbocycles. The highest BCUT2D eigenvalue weighted by Crippen LogP contribution is 2.34. The molecule has 3 aromatic heterocycles. The number of thioether (sulfide) groups is 1. The summed E-state index contributed by atoms with van der Waals surface area (Å²) in [5.74, 6) is 0.175. The maximum atomic E-state index is 13.2. The van der Waals surface area contributed by atoms with Crippen molar-refractivity contribution >= 4 is 50.6 Å². The highest BCUT2D eigenvalue weighted by Gasteiger charge is 2.17. The number of amides is 1. The lowest BCUT2D eigenvalue weighted by molar-refractivity contribution is -0.118. The molecule has 0 aliphatic carbocycles. The summed E-state index contributed by atoms with van der Waals surface area (Å²) in [5.41, 5.74) is 2.09. The molecule has 0 aliphatic heterocycles. The number of rotatable bonds is 8. The van der Waals surface area contributed by atoms with Crippen LogP contribution in [0, 0.1) is 0 Å². The molecule has 3 heterocycles. The summed E-state index contributed by atoms with van der Waals surface area (Å²) in [7, 11) is 0. The van der Waals surface area contributed by atoms with Gasteiger partial charge in [0.15, 0.2) is 5.16 Å². The maximum Gasteiger partial charge on any atom is 0.263 e. The molecule has 0 atom stereocenters. The first kappa shape index (κ1) is 20.8. The van der Waals surface area contributed by atoms with Gasteiger partial charge >= 0.3 is 0 Å². The number of benzene rings is 1. The van der Waals surface area contributed by atoms with E-state index in [1.807, 2.05) is 60.1 Å². The number of thiophene rings is 2. The number of hydrogen-bond acceptors (Lipinski definition) is 6. The molecule has 0 unspecified atom stereocenters. The number of fused-ring (bicyclic) bond motifs is 1.